The fourth-order valence-electron chi connectivity index (χ4n) is 2.27. The average molecular weight is 361 g/mol. The first kappa shape index (κ1) is 16.7. The smallest absolute Gasteiger partial charge is 0.248 e. The minimum Gasteiger partial charge on any atom is -0.273 e. The molecule has 2 aromatic carbocycles. The maximum absolute atomic E-state index is 12.8. The van der Waals surface area contributed by atoms with Gasteiger partial charge in [-0.1, -0.05) is 17.4 Å². The molecule has 0 radical (unpaired) electrons. The highest BCUT2D eigenvalue weighted by atomic mass is 32.2. The molecule has 124 valence electrons. The van der Waals surface area contributed by atoms with Gasteiger partial charge in [0.1, 0.15) is 5.82 Å². The predicted molar refractivity (Wildman–Crippen MR) is 98.0 cm³/mol. The molecule has 3 aromatic rings. The number of aromatic nitrogens is 1. The quantitative estimate of drug-likeness (QED) is 0.526. The van der Waals surface area contributed by atoms with Gasteiger partial charge in [0.2, 0.25) is 11.0 Å². The number of fused-ring (bicyclic) bond motifs is 1. The Balaban J connectivity index is 1.56. The van der Waals surface area contributed by atoms with Crippen LogP contribution in [-0.2, 0) is 4.79 Å². The standard InChI is InChI=1S/C17H16FN3OS2/c1-10-7-11(2)16-14(8-10)19-17(24-16)21-20-15(22)9-23-13-5-3-12(18)4-6-13/h3-8H,9H2,1-2H3,(H,19,21)(H,20,22). The molecule has 3 rings (SSSR count). The summed E-state index contributed by atoms with van der Waals surface area (Å²) >= 11 is 2.85. The second-order valence-corrected chi connectivity index (χ2v) is 7.41. The van der Waals surface area contributed by atoms with Gasteiger partial charge < -0.3 is 0 Å². The van der Waals surface area contributed by atoms with E-state index in [9.17, 15) is 9.18 Å². The van der Waals surface area contributed by atoms with Crippen molar-refractivity contribution in [3.63, 3.8) is 0 Å². The van der Waals surface area contributed by atoms with E-state index in [1.807, 2.05) is 13.0 Å². The molecule has 0 spiro atoms. The summed E-state index contributed by atoms with van der Waals surface area (Å²) in [5, 5.41) is 0.652. The van der Waals surface area contributed by atoms with E-state index in [0.29, 0.717) is 5.13 Å². The molecule has 2 N–H and O–H groups in total. The number of anilines is 1. The number of benzene rings is 2. The number of carbonyl (C=O) groups excluding carboxylic acids is 1. The molecule has 7 heteroatoms. The van der Waals surface area contributed by atoms with Crippen molar-refractivity contribution in [1.29, 1.82) is 0 Å². The Morgan fingerprint density at radius 3 is 2.75 bits per heavy atom. The fraction of sp³-hybridized carbons (Fsp3) is 0.176. The zero-order valence-electron chi connectivity index (χ0n) is 13.2. The molecule has 0 aliphatic rings. The minimum absolute atomic E-state index is 0.170. The number of hydrogen-bond donors (Lipinski definition) is 2. The van der Waals surface area contributed by atoms with E-state index in [2.05, 4.69) is 28.8 Å². The van der Waals surface area contributed by atoms with Crippen LogP contribution in [0.5, 0.6) is 0 Å². The molecule has 0 unspecified atom stereocenters. The van der Waals surface area contributed by atoms with Gasteiger partial charge in [-0.15, -0.1) is 11.8 Å². The lowest BCUT2D eigenvalue weighted by molar-refractivity contribution is -0.118. The third-order valence-corrected chi connectivity index (χ3v) is 5.45. The SMILES string of the molecule is Cc1cc(C)c2sc(NNC(=O)CSc3ccc(F)cc3)nc2c1. The van der Waals surface area contributed by atoms with Crippen LogP contribution >= 0.6 is 23.1 Å². The van der Waals surface area contributed by atoms with Crippen molar-refractivity contribution in [2.24, 2.45) is 0 Å². The second kappa shape index (κ2) is 7.19. The first-order chi connectivity index (χ1) is 11.5. The van der Waals surface area contributed by atoms with Gasteiger partial charge in [-0.3, -0.25) is 15.6 Å². The van der Waals surface area contributed by atoms with Crippen LogP contribution in [0.25, 0.3) is 10.2 Å². The normalized spacial score (nSPS) is 10.8. The van der Waals surface area contributed by atoms with E-state index in [1.54, 1.807) is 12.1 Å². The highest BCUT2D eigenvalue weighted by molar-refractivity contribution is 8.00. The number of amides is 1. The average Bonchev–Trinajstić information content (AvgIpc) is 2.95. The summed E-state index contributed by atoms with van der Waals surface area (Å²) in [5.74, 6) is -0.217. The lowest BCUT2D eigenvalue weighted by Crippen LogP contribution is -2.30. The zero-order chi connectivity index (χ0) is 17.1. The number of halogens is 1. The maximum Gasteiger partial charge on any atom is 0.248 e. The Morgan fingerprint density at radius 2 is 2.00 bits per heavy atom. The van der Waals surface area contributed by atoms with Crippen LogP contribution in [0.3, 0.4) is 0 Å². The summed E-state index contributed by atoms with van der Waals surface area (Å²) in [4.78, 5) is 17.2. The molecule has 1 amide bonds. The number of thioether (sulfide) groups is 1. The molecule has 0 fully saturated rings. The number of carbonyl (C=O) groups is 1. The van der Waals surface area contributed by atoms with Crippen LogP contribution in [-0.4, -0.2) is 16.6 Å². The van der Waals surface area contributed by atoms with Crippen molar-refractivity contribution in [2.75, 3.05) is 11.2 Å². The summed E-state index contributed by atoms with van der Waals surface area (Å²) in [6, 6.07) is 10.2. The fourth-order valence-corrected chi connectivity index (χ4v) is 3.84. The largest absolute Gasteiger partial charge is 0.273 e. The zero-order valence-corrected chi connectivity index (χ0v) is 14.9. The van der Waals surface area contributed by atoms with Crippen molar-refractivity contribution in [1.82, 2.24) is 10.4 Å². The van der Waals surface area contributed by atoms with E-state index in [4.69, 9.17) is 0 Å². The number of hydrazine groups is 1. The number of nitrogens with one attached hydrogen (secondary N) is 2. The van der Waals surface area contributed by atoms with Gasteiger partial charge >= 0.3 is 0 Å². The van der Waals surface area contributed by atoms with Crippen LogP contribution < -0.4 is 10.9 Å². The predicted octanol–water partition coefficient (Wildman–Crippen LogP) is 4.29. The van der Waals surface area contributed by atoms with Crippen LogP contribution in [0.1, 0.15) is 11.1 Å². The number of rotatable bonds is 5. The minimum atomic E-state index is -0.285. The molecular formula is C17H16FN3OS2. The first-order valence-electron chi connectivity index (χ1n) is 7.32. The van der Waals surface area contributed by atoms with Gasteiger partial charge in [0, 0.05) is 4.90 Å². The summed E-state index contributed by atoms with van der Waals surface area (Å²) in [7, 11) is 0. The van der Waals surface area contributed by atoms with Gasteiger partial charge in [-0.05, 0) is 55.3 Å². The summed E-state index contributed by atoms with van der Waals surface area (Å²) in [6.07, 6.45) is 0. The maximum atomic E-state index is 12.8. The van der Waals surface area contributed by atoms with Crippen LogP contribution in [0.4, 0.5) is 9.52 Å². The molecule has 0 saturated heterocycles. The summed E-state index contributed by atoms with van der Waals surface area (Å²) in [6.45, 7) is 4.09. The Labute approximate surface area is 147 Å². The summed E-state index contributed by atoms with van der Waals surface area (Å²) < 4.78 is 13.9. The lowest BCUT2D eigenvalue weighted by Gasteiger charge is -2.05. The molecule has 24 heavy (non-hydrogen) atoms. The van der Waals surface area contributed by atoms with Gasteiger partial charge in [-0.25, -0.2) is 9.37 Å². The number of thiazole rings is 1. The van der Waals surface area contributed by atoms with Gasteiger partial charge in [0.25, 0.3) is 0 Å². The number of nitrogens with zero attached hydrogens (tertiary/aromatic N) is 1. The Morgan fingerprint density at radius 1 is 1.25 bits per heavy atom. The van der Waals surface area contributed by atoms with E-state index in [-0.39, 0.29) is 17.5 Å². The topological polar surface area (TPSA) is 54.0 Å². The molecule has 0 bridgehead atoms. The number of aryl methyl sites for hydroxylation is 2. The van der Waals surface area contributed by atoms with Gasteiger partial charge in [-0.2, -0.15) is 0 Å². The van der Waals surface area contributed by atoms with Crippen LogP contribution in [0.15, 0.2) is 41.3 Å². The van der Waals surface area contributed by atoms with Crippen LogP contribution in [0.2, 0.25) is 0 Å². The Bertz CT molecular complexity index is 877. The third kappa shape index (κ3) is 4.04. The lowest BCUT2D eigenvalue weighted by atomic mass is 10.1. The molecule has 1 aromatic heterocycles. The van der Waals surface area contributed by atoms with E-state index in [0.717, 1.165) is 20.7 Å². The molecule has 0 aliphatic heterocycles. The number of hydrogen-bond acceptors (Lipinski definition) is 5. The van der Waals surface area contributed by atoms with Crippen LogP contribution in [0, 0.1) is 19.7 Å². The molecule has 1 heterocycles. The van der Waals surface area contributed by atoms with Crippen molar-refractivity contribution in [3.8, 4) is 0 Å². The molecular weight excluding hydrogens is 345 g/mol. The second-order valence-electron chi connectivity index (χ2n) is 5.36. The Kier molecular flexibility index (Phi) is 5.01. The molecule has 4 nitrogen and oxygen atoms in total. The van der Waals surface area contributed by atoms with E-state index >= 15 is 0 Å². The highest BCUT2D eigenvalue weighted by Gasteiger charge is 2.08. The Hall–Kier alpha value is -2.12. The van der Waals surface area contributed by atoms with Gasteiger partial charge in [0.05, 0.1) is 16.0 Å². The van der Waals surface area contributed by atoms with Crippen molar-refractivity contribution >= 4 is 44.4 Å². The first-order valence-corrected chi connectivity index (χ1v) is 9.12. The highest BCUT2D eigenvalue weighted by Crippen LogP contribution is 2.29. The molecule has 0 atom stereocenters. The van der Waals surface area contributed by atoms with Crippen molar-refractivity contribution in [3.05, 3.63) is 53.3 Å². The van der Waals surface area contributed by atoms with Crippen molar-refractivity contribution in [2.45, 2.75) is 18.7 Å². The molecule has 0 saturated carbocycles. The van der Waals surface area contributed by atoms with Gasteiger partial charge in [0.15, 0.2) is 0 Å². The monoisotopic (exact) mass is 361 g/mol. The summed E-state index contributed by atoms with van der Waals surface area (Å²) in [5.41, 5.74) is 8.76. The van der Waals surface area contributed by atoms with E-state index < -0.39 is 0 Å². The van der Waals surface area contributed by atoms with E-state index in [1.165, 1.54) is 40.8 Å². The molecule has 0 aliphatic carbocycles. The van der Waals surface area contributed by atoms with Crippen molar-refractivity contribution < 1.29 is 9.18 Å². The third-order valence-electron chi connectivity index (χ3n) is 3.31.